The molecular weight excluding hydrogens is 292 g/mol. The van der Waals surface area contributed by atoms with Crippen molar-refractivity contribution in [3.63, 3.8) is 0 Å². The Kier molecular flexibility index (Phi) is 4.29. The van der Waals surface area contributed by atoms with E-state index in [1.54, 1.807) is 10.9 Å². The second kappa shape index (κ2) is 6.53. The molecule has 7 heteroatoms. The third-order valence-electron chi connectivity index (χ3n) is 3.62. The summed E-state index contributed by atoms with van der Waals surface area (Å²) < 4.78 is 1.68. The fourth-order valence-electron chi connectivity index (χ4n) is 2.42. The second-order valence-corrected chi connectivity index (χ2v) is 5.14. The van der Waals surface area contributed by atoms with Crippen molar-refractivity contribution >= 4 is 16.8 Å². The van der Waals surface area contributed by atoms with Gasteiger partial charge in [0.05, 0.1) is 16.9 Å². The predicted molar refractivity (Wildman–Crippen MR) is 87.7 cm³/mol. The summed E-state index contributed by atoms with van der Waals surface area (Å²) in [6.45, 7) is 3.08. The van der Waals surface area contributed by atoms with Gasteiger partial charge in [-0.2, -0.15) is 0 Å². The molecule has 0 radical (unpaired) electrons. The molecule has 0 fully saturated rings. The van der Waals surface area contributed by atoms with E-state index in [4.69, 9.17) is 0 Å². The van der Waals surface area contributed by atoms with Crippen LogP contribution in [0.2, 0.25) is 0 Å². The third-order valence-corrected chi connectivity index (χ3v) is 3.62. The number of amides is 1. The van der Waals surface area contributed by atoms with Gasteiger partial charge in [0, 0.05) is 24.7 Å². The minimum atomic E-state index is -0.220. The minimum Gasteiger partial charge on any atom is -0.349 e. The first-order valence-corrected chi connectivity index (χ1v) is 7.41. The number of pyridine rings is 1. The minimum absolute atomic E-state index is 0.220. The predicted octanol–water partition coefficient (Wildman–Crippen LogP) is 1.07. The maximum atomic E-state index is 12.2. The number of benzene rings is 1. The Morgan fingerprint density at radius 2 is 2.09 bits per heavy atom. The Hall–Kier alpha value is -2.80. The van der Waals surface area contributed by atoms with Crippen LogP contribution >= 0.6 is 0 Å². The number of aromatic nitrogens is 4. The molecule has 23 heavy (non-hydrogen) atoms. The van der Waals surface area contributed by atoms with Gasteiger partial charge >= 0.3 is 0 Å². The van der Waals surface area contributed by atoms with Crippen LogP contribution < -0.4 is 10.6 Å². The highest BCUT2D eigenvalue weighted by Gasteiger charge is 2.17. The zero-order valence-electron chi connectivity index (χ0n) is 13.1. The summed E-state index contributed by atoms with van der Waals surface area (Å²) in [5.41, 5.74) is 2.76. The molecule has 0 aliphatic rings. The molecule has 1 aromatic carbocycles. The lowest BCUT2D eigenvalue weighted by Gasteiger charge is -2.07. The molecule has 2 aromatic heterocycles. The van der Waals surface area contributed by atoms with Crippen molar-refractivity contribution in [2.24, 2.45) is 0 Å². The number of fused-ring (bicyclic) bond motifs is 1. The Bertz CT molecular complexity index is 836. The molecule has 0 atom stereocenters. The lowest BCUT2D eigenvalue weighted by molar-refractivity contribution is 0.0948. The van der Waals surface area contributed by atoms with Crippen LogP contribution in [0, 0.1) is 6.92 Å². The molecule has 0 aliphatic carbocycles. The van der Waals surface area contributed by atoms with Crippen LogP contribution in [-0.2, 0) is 0 Å². The molecule has 2 N–H and O–H groups in total. The van der Waals surface area contributed by atoms with Gasteiger partial charge in [0.1, 0.15) is 0 Å². The van der Waals surface area contributed by atoms with Gasteiger partial charge in [-0.15, -0.1) is 5.10 Å². The summed E-state index contributed by atoms with van der Waals surface area (Å²) in [5.74, 6) is -0.220. The third kappa shape index (κ3) is 2.91. The maximum absolute atomic E-state index is 12.2. The van der Waals surface area contributed by atoms with Crippen LogP contribution in [0.4, 0.5) is 0 Å². The molecule has 1 amide bonds. The van der Waals surface area contributed by atoms with Crippen LogP contribution in [0.1, 0.15) is 16.2 Å². The fraction of sp³-hybridized carbons (Fsp3) is 0.250. The summed E-state index contributed by atoms with van der Waals surface area (Å²) in [6.07, 6.45) is 1.75. The molecule has 118 valence electrons. The first-order chi connectivity index (χ1) is 11.2. The fourth-order valence-corrected chi connectivity index (χ4v) is 2.42. The molecule has 0 spiro atoms. The van der Waals surface area contributed by atoms with Crippen LogP contribution in [0.5, 0.6) is 0 Å². The number of carbonyl (C=O) groups excluding carboxylic acids is 1. The molecule has 3 aromatic rings. The Balaban J connectivity index is 1.97. The van der Waals surface area contributed by atoms with Crippen LogP contribution in [-0.4, -0.2) is 46.0 Å². The van der Waals surface area contributed by atoms with E-state index in [2.05, 4.69) is 25.9 Å². The standard InChI is InChI=1S/C16H18N6O/c1-11-15(16(23)19-10-9-17-2)20-21-22(11)14-7-3-6-13-12(14)5-4-8-18-13/h3-8,17H,9-10H2,1-2H3,(H,19,23). The highest BCUT2D eigenvalue weighted by molar-refractivity contribution is 5.93. The van der Waals surface area contributed by atoms with Gasteiger partial charge < -0.3 is 10.6 Å². The molecule has 3 rings (SSSR count). The smallest absolute Gasteiger partial charge is 0.273 e. The molecule has 0 saturated carbocycles. The van der Waals surface area contributed by atoms with Gasteiger partial charge in [-0.05, 0) is 38.2 Å². The lowest BCUT2D eigenvalue weighted by atomic mass is 10.2. The Morgan fingerprint density at radius 3 is 2.91 bits per heavy atom. The average molecular weight is 310 g/mol. The summed E-state index contributed by atoms with van der Waals surface area (Å²) in [6, 6.07) is 9.65. The number of carbonyl (C=O) groups is 1. The van der Waals surface area contributed by atoms with Crippen LogP contribution in [0.25, 0.3) is 16.6 Å². The first-order valence-electron chi connectivity index (χ1n) is 7.41. The lowest BCUT2D eigenvalue weighted by Crippen LogP contribution is -2.31. The molecule has 0 saturated heterocycles. The molecular formula is C16H18N6O. The number of hydrogen-bond acceptors (Lipinski definition) is 5. The van der Waals surface area contributed by atoms with E-state index in [1.165, 1.54) is 0 Å². The summed E-state index contributed by atoms with van der Waals surface area (Å²) in [7, 11) is 1.84. The van der Waals surface area contributed by atoms with E-state index in [0.717, 1.165) is 16.6 Å². The van der Waals surface area contributed by atoms with Crippen LogP contribution in [0.15, 0.2) is 36.5 Å². The van der Waals surface area contributed by atoms with Gasteiger partial charge in [0.25, 0.3) is 5.91 Å². The Morgan fingerprint density at radius 1 is 1.22 bits per heavy atom. The number of nitrogens with zero attached hydrogens (tertiary/aromatic N) is 4. The van der Waals surface area contributed by atoms with Gasteiger partial charge in [0.2, 0.25) is 0 Å². The number of likely N-dealkylation sites (N-methyl/N-ethyl adjacent to an activating group) is 1. The van der Waals surface area contributed by atoms with Crippen molar-refractivity contribution in [2.75, 3.05) is 20.1 Å². The monoisotopic (exact) mass is 310 g/mol. The van der Waals surface area contributed by atoms with Crippen molar-refractivity contribution in [2.45, 2.75) is 6.92 Å². The average Bonchev–Trinajstić information content (AvgIpc) is 2.96. The molecule has 0 bridgehead atoms. The highest BCUT2D eigenvalue weighted by Crippen LogP contribution is 2.21. The normalized spacial score (nSPS) is 10.9. The van der Waals surface area contributed by atoms with Gasteiger partial charge in [-0.3, -0.25) is 9.78 Å². The van der Waals surface area contributed by atoms with E-state index >= 15 is 0 Å². The Labute approximate surface area is 133 Å². The topological polar surface area (TPSA) is 84.7 Å². The van der Waals surface area contributed by atoms with E-state index < -0.39 is 0 Å². The van der Waals surface area contributed by atoms with Crippen molar-refractivity contribution in [1.82, 2.24) is 30.6 Å². The highest BCUT2D eigenvalue weighted by atomic mass is 16.2. The zero-order valence-corrected chi connectivity index (χ0v) is 13.1. The van der Waals surface area contributed by atoms with Gasteiger partial charge in [0.15, 0.2) is 5.69 Å². The molecule has 7 nitrogen and oxygen atoms in total. The van der Waals surface area contributed by atoms with Crippen molar-refractivity contribution in [1.29, 1.82) is 0 Å². The quantitative estimate of drug-likeness (QED) is 0.689. The van der Waals surface area contributed by atoms with E-state index in [9.17, 15) is 4.79 Å². The van der Waals surface area contributed by atoms with Gasteiger partial charge in [-0.25, -0.2) is 4.68 Å². The van der Waals surface area contributed by atoms with Crippen LogP contribution in [0.3, 0.4) is 0 Å². The summed E-state index contributed by atoms with van der Waals surface area (Å²) in [4.78, 5) is 16.5. The number of hydrogen-bond donors (Lipinski definition) is 2. The summed E-state index contributed by atoms with van der Waals surface area (Å²) in [5, 5.41) is 14.9. The van der Waals surface area contributed by atoms with Crippen molar-refractivity contribution in [3.05, 3.63) is 47.9 Å². The second-order valence-electron chi connectivity index (χ2n) is 5.14. The number of nitrogens with one attached hydrogen (secondary N) is 2. The number of rotatable bonds is 5. The maximum Gasteiger partial charge on any atom is 0.273 e. The van der Waals surface area contributed by atoms with E-state index in [1.807, 2.05) is 44.3 Å². The van der Waals surface area contributed by atoms with Gasteiger partial charge in [-0.1, -0.05) is 11.3 Å². The summed E-state index contributed by atoms with van der Waals surface area (Å²) >= 11 is 0. The first kappa shape index (κ1) is 15.1. The SMILES string of the molecule is CNCCNC(=O)c1nnn(-c2cccc3ncccc23)c1C. The molecule has 0 unspecified atom stereocenters. The van der Waals surface area contributed by atoms with Crippen molar-refractivity contribution in [3.8, 4) is 5.69 Å². The largest absolute Gasteiger partial charge is 0.349 e. The van der Waals surface area contributed by atoms with E-state index in [0.29, 0.717) is 24.5 Å². The zero-order chi connectivity index (χ0) is 16.2. The van der Waals surface area contributed by atoms with Crippen molar-refractivity contribution < 1.29 is 4.79 Å². The molecule has 2 heterocycles. The molecule has 0 aliphatic heterocycles. The van der Waals surface area contributed by atoms with E-state index in [-0.39, 0.29) is 5.91 Å².